The highest BCUT2D eigenvalue weighted by molar-refractivity contribution is 6.00. The van der Waals surface area contributed by atoms with Crippen LogP contribution in [0.4, 0.5) is 15.3 Å². The van der Waals surface area contributed by atoms with E-state index in [2.05, 4.69) is 21.3 Å². The van der Waals surface area contributed by atoms with Crippen molar-refractivity contribution in [2.75, 3.05) is 26.0 Å². The number of anilines is 1. The van der Waals surface area contributed by atoms with Crippen LogP contribution in [0.5, 0.6) is 0 Å². The van der Waals surface area contributed by atoms with E-state index in [1.54, 1.807) is 82.4 Å². The van der Waals surface area contributed by atoms with Crippen LogP contribution in [0.1, 0.15) is 99.1 Å². The fourth-order valence-electron chi connectivity index (χ4n) is 8.39. The van der Waals surface area contributed by atoms with Crippen molar-refractivity contribution in [1.29, 1.82) is 0 Å². The molecule has 10 N–H and O–H groups in total. The number of nitrogens with one attached hydrogen (secondary N) is 4. The minimum absolute atomic E-state index is 0.0946. The highest BCUT2D eigenvalue weighted by atomic mass is 16.6. The maximum Gasteiger partial charge on any atom is 0.410 e. The average Bonchev–Trinajstić information content (AvgIpc) is 3.30. The normalized spacial score (nSPS) is 17.9. The molecule has 71 heavy (non-hydrogen) atoms. The number of likely N-dealkylation sites (N-methyl/N-ethyl adjacent to an activating group) is 2. The summed E-state index contributed by atoms with van der Waals surface area (Å²) >= 11 is 0. The highest BCUT2D eigenvalue weighted by Gasteiger charge is 2.65. The predicted octanol–water partition coefficient (Wildman–Crippen LogP) is 3.51. The molecule has 0 spiro atoms. The number of benzene rings is 2. The van der Waals surface area contributed by atoms with Crippen LogP contribution in [0.15, 0.2) is 66.2 Å². The number of rotatable bonds is 24. The molecular weight excluding hydrogens is 919 g/mol. The van der Waals surface area contributed by atoms with E-state index in [1.807, 2.05) is 34.6 Å². The third kappa shape index (κ3) is 15.2. The topological polar surface area (TPSA) is 313 Å². The Morgan fingerprint density at radius 3 is 2.00 bits per heavy atom. The van der Waals surface area contributed by atoms with Crippen molar-refractivity contribution < 1.29 is 58.1 Å². The van der Waals surface area contributed by atoms with Gasteiger partial charge in [0, 0.05) is 38.3 Å². The summed E-state index contributed by atoms with van der Waals surface area (Å²) in [6, 6.07) is 8.48. The second-order valence-electron chi connectivity index (χ2n) is 19.8. The lowest BCUT2D eigenvalue weighted by molar-refractivity contribution is -0.190. The molecule has 21 heteroatoms. The number of carboxylic acid groups (broad SMARTS) is 2. The number of ether oxygens (including phenoxy) is 1. The van der Waals surface area contributed by atoms with Gasteiger partial charge in [0.05, 0.1) is 17.6 Å². The Balaban J connectivity index is 1.85. The molecule has 8 amide bonds. The quantitative estimate of drug-likeness (QED) is 0.0425. The molecule has 7 atom stereocenters. The number of carbonyl (C=O) groups excluding carboxylic acids is 7. The van der Waals surface area contributed by atoms with Crippen LogP contribution in [0.2, 0.25) is 0 Å². The maximum absolute atomic E-state index is 15.0. The monoisotopic (exact) mass is 992 g/mol. The summed E-state index contributed by atoms with van der Waals surface area (Å²) in [5, 5.41) is 28.9. The fourth-order valence-corrected chi connectivity index (χ4v) is 8.39. The molecule has 0 saturated carbocycles. The highest BCUT2D eigenvalue weighted by Crippen LogP contribution is 2.49. The van der Waals surface area contributed by atoms with Gasteiger partial charge in [-0.05, 0) is 73.6 Å². The summed E-state index contributed by atoms with van der Waals surface area (Å²) in [6.45, 7) is 15.9. The smallest absolute Gasteiger partial charge is 0.410 e. The first kappa shape index (κ1) is 58.3. The first-order chi connectivity index (χ1) is 33.0. The van der Waals surface area contributed by atoms with Gasteiger partial charge in [0.15, 0.2) is 0 Å². The second-order valence-corrected chi connectivity index (χ2v) is 19.8. The third-order valence-corrected chi connectivity index (χ3v) is 12.6. The van der Waals surface area contributed by atoms with Crippen molar-refractivity contribution in [3.63, 3.8) is 0 Å². The van der Waals surface area contributed by atoms with E-state index in [0.29, 0.717) is 23.2 Å². The minimum Gasteiger partial charge on any atom is -0.481 e. The molecule has 21 nitrogen and oxygen atoms in total. The average molecular weight is 992 g/mol. The molecule has 1 fully saturated rings. The Morgan fingerprint density at radius 1 is 0.873 bits per heavy atom. The number of hydrogen-bond donors (Lipinski definition) is 8. The molecule has 2 aromatic carbocycles. The number of nitrogens with two attached hydrogens (primary N) is 2. The summed E-state index contributed by atoms with van der Waals surface area (Å²) in [6.07, 6.45) is 0.418. The summed E-state index contributed by atoms with van der Waals surface area (Å²) < 4.78 is 5.72. The molecule has 3 rings (SSSR count). The Bertz CT molecular complexity index is 2280. The first-order valence-electron chi connectivity index (χ1n) is 23.5. The number of primary amides is 1. The van der Waals surface area contributed by atoms with Crippen molar-refractivity contribution >= 4 is 59.3 Å². The molecular formula is C50H73N9O12. The van der Waals surface area contributed by atoms with E-state index in [4.69, 9.17) is 21.3 Å². The number of carbonyl (C=O) groups is 9. The fraction of sp³-hybridized carbons (Fsp3) is 0.540. The SMILES string of the molecule is C/C(=C\[C@H](C(C)C)N(C)C(=O)[C@@H](N1C(=O)[C@@H](N(C)C(=O)OCc2ccc(NC(=O)[C@H](CCCNC(N)=O)NC(=O)[C@@H](N)C(C)C)cc2)C1(C)c1ccccc1)C(C)(C)C)C(=O)N[C@H](CCC(=O)O)C(=O)O. The van der Waals surface area contributed by atoms with Gasteiger partial charge >= 0.3 is 24.1 Å². The molecule has 390 valence electrons. The third-order valence-electron chi connectivity index (χ3n) is 12.6. The molecule has 0 radical (unpaired) electrons. The zero-order valence-corrected chi connectivity index (χ0v) is 42.6. The minimum atomic E-state index is -1.46. The number of amides is 8. The van der Waals surface area contributed by atoms with Gasteiger partial charge in [-0.15, -0.1) is 0 Å². The van der Waals surface area contributed by atoms with Gasteiger partial charge in [-0.2, -0.15) is 0 Å². The molecule has 1 aliphatic heterocycles. The molecule has 2 aromatic rings. The first-order valence-corrected chi connectivity index (χ1v) is 23.5. The van der Waals surface area contributed by atoms with E-state index >= 15 is 0 Å². The lowest BCUT2D eigenvalue weighted by atomic mass is 9.69. The van der Waals surface area contributed by atoms with Crippen LogP contribution in [-0.2, 0) is 50.4 Å². The Morgan fingerprint density at radius 2 is 1.48 bits per heavy atom. The number of aliphatic carboxylic acids is 2. The number of hydrogen-bond acceptors (Lipinski definition) is 11. The van der Waals surface area contributed by atoms with Crippen LogP contribution >= 0.6 is 0 Å². The van der Waals surface area contributed by atoms with E-state index < -0.39 is 107 Å². The molecule has 1 heterocycles. The lowest BCUT2D eigenvalue weighted by Crippen LogP contribution is -2.80. The van der Waals surface area contributed by atoms with Crippen LogP contribution < -0.4 is 32.7 Å². The summed E-state index contributed by atoms with van der Waals surface area (Å²) in [5.74, 6) is -5.82. The van der Waals surface area contributed by atoms with Crippen molar-refractivity contribution in [2.45, 2.75) is 136 Å². The molecule has 1 saturated heterocycles. The largest absolute Gasteiger partial charge is 0.481 e. The zero-order valence-electron chi connectivity index (χ0n) is 42.6. The van der Waals surface area contributed by atoms with Gasteiger partial charge in [0.1, 0.15) is 30.8 Å². The maximum atomic E-state index is 15.0. The van der Waals surface area contributed by atoms with Gasteiger partial charge < -0.3 is 57.5 Å². The summed E-state index contributed by atoms with van der Waals surface area (Å²) in [5.41, 5.74) is 10.7. The molecule has 1 aliphatic rings. The number of carboxylic acids is 2. The molecule has 1 unspecified atom stereocenters. The van der Waals surface area contributed by atoms with E-state index in [0.717, 1.165) is 0 Å². The Kier molecular flexibility index (Phi) is 20.7. The van der Waals surface area contributed by atoms with Gasteiger partial charge in [0.2, 0.25) is 29.5 Å². The molecule has 0 bridgehead atoms. The molecule has 0 aliphatic carbocycles. The van der Waals surface area contributed by atoms with Crippen molar-refractivity contribution in [2.24, 2.45) is 28.7 Å². The number of urea groups is 1. The van der Waals surface area contributed by atoms with Gasteiger partial charge in [-0.1, -0.05) is 97.0 Å². The van der Waals surface area contributed by atoms with Crippen LogP contribution in [0.3, 0.4) is 0 Å². The van der Waals surface area contributed by atoms with Crippen molar-refractivity contribution in [1.82, 2.24) is 30.7 Å². The summed E-state index contributed by atoms with van der Waals surface area (Å²) in [7, 11) is 3.00. The van der Waals surface area contributed by atoms with E-state index in [-0.39, 0.29) is 43.4 Å². The van der Waals surface area contributed by atoms with E-state index in [1.165, 1.54) is 34.7 Å². The second kappa shape index (κ2) is 25.2. The number of β-lactam (4-membered cyclic amide) rings is 1. The van der Waals surface area contributed by atoms with Crippen molar-refractivity contribution in [3.05, 3.63) is 77.4 Å². The number of nitrogens with zero attached hydrogens (tertiary/aromatic N) is 3. The lowest BCUT2D eigenvalue weighted by Gasteiger charge is -2.62. The van der Waals surface area contributed by atoms with E-state index in [9.17, 15) is 48.3 Å². The van der Waals surface area contributed by atoms with Gasteiger partial charge in [-0.3, -0.25) is 33.7 Å². The summed E-state index contributed by atoms with van der Waals surface area (Å²) in [4.78, 5) is 121. The Labute approximate surface area is 415 Å². The zero-order chi connectivity index (χ0) is 53.7. The van der Waals surface area contributed by atoms with Gasteiger partial charge in [-0.25, -0.2) is 14.4 Å². The predicted molar refractivity (Wildman–Crippen MR) is 264 cm³/mol. The van der Waals surface area contributed by atoms with Crippen LogP contribution in [-0.4, -0.2) is 135 Å². The Hall–Kier alpha value is -7.03. The standard InChI is InChI=1S/C50H73N9O12/c1-28(2)36(26-30(5)41(62)56-35(46(67)68)23-24-37(60)61)57(10)44(65)39(49(6,7)8)59-45(66)40(50(59,9)32-16-13-12-14-17-32)58(11)48(70)71-27-31-19-21-33(22-20-31)54-42(63)34(18-15-25-53-47(52)69)55-43(64)38(51)29(3)4/h12-14,16-17,19-22,26,28-29,34-36,38-40H,15,18,23-25,27,51H2,1-11H3,(H,54,63)(H,55,64)(H,56,62)(H,60,61)(H,67,68)(H3,52,53,69)/b30-26+/t34-,35+,36+,38-,39+,40+,50?/m0/s1. The van der Waals surface area contributed by atoms with Crippen LogP contribution in [0, 0.1) is 17.3 Å². The number of likely N-dealkylation sites (tertiary alicyclic amines) is 1. The molecule has 0 aromatic heterocycles. The van der Waals surface area contributed by atoms with Crippen molar-refractivity contribution in [3.8, 4) is 0 Å². The van der Waals surface area contributed by atoms with Crippen LogP contribution in [0.25, 0.3) is 0 Å². The van der Waals surface area contributed by atoms with Gasteiger partial charge in [0.25, 0.3) is 0 Å².